The molecule has 3 N–H and O–H groups in total. The van der Waals surface area contributed by atoms with E-state index in [0.717, 1.165) is 18.4 Å². The predicted octanol–water partition coefficient (Wildman–Crippen LogP) is 2.52. The number of hydrogen-bond donors (Lipinski definition) is 3. The highest BCUT2D eigenvalue weighted by molar-refractivity contribution is 6.02. The van der Waals surface area contributed by atoms with Crippen molar-refractivity contribution < 1.29 is 24.2 Å². The zero-order chi connectivity index (χ0) is 26.0. The van der Waals surface area contributed by atoms with Gasteiger partial charge in [-0.05, 0) is 43.4 Å². The minimum absolute atomic E-state index is 0.272. The zero-order valence-electron chi connectivity index (χ0n) is 21.1. The number of fused-ring (bicyclic) bond motifs is 1. The molecule has 0 aliphatic carbocycles. The SMILES string of the molecule is CCCCNC(=O)C1N([C@@H](CO)Cc2ccccc2)C(=O)[C@@H]2[C@@H](C(=O)Nc3ccccc3)[C@H]3CCC12O3. The fourth-order valence-corrected chi connectivity index (χ4v) is 6.45. The third kappa shape index (κ3) is 4.53. The van der Waals surface area contributed by atoms with E-state index in [1.807, 2.05) is 55.5 Å². The summed E-state index contributed by atoms with van der Waals surface area (Å²) in [6, 6.07) is 17.2. The van der Waals surface area contributed by atoms with Crippen LogP contribution < -0.4 is 10.6 Å². The third-order valence-corrected chi connectivity index (χ3v) is 8.08. The van der Waals surface area contributed by atoms with Crippen LogP contribution in [0.3, 0.4) is 0 Å². The highest BCUT2D eigenvalue weighted by Crippen LogP contribution is 2.59. The van der Waals surface area contributed by atoms with Gasteiger partial charge in [0.15, 0.2) is 0 Å². The summed E-state index contributed by atoms with van der Waals surface area (Å²) < 4.78 is 6.48. The molecule has 3 amide bonds. The lowest BCUT2D eigenvalue weighted by Gasteiger charge is -2.36. The normalized spacial score (nSPS) is 28.7. The van der Waals surface area contributed by atoms with Crippen molar-refractivity contribution in [1.82, 2.24) is 10.2 Å². The second-order valence-corrected chi connectivity index (χ2v) is 10.3. The number of aliphatic hydroxyl groups is 1. The van der Waals surface area contributed by atoms with Crippen LogP contribution in [0.25, 0.3) is 0 Å². The molecule has 0 radical (unpaired) electrons. The highest BCUT2D eigenvalue weighted by atomic mass is 16.5. The van der Waals surface area contributed by atoms with Crippen molar-refractivity contribution in [1.29, 1.82) is 0 Å². The molecule has 3 heterocycles. The van der Waals surface area contributed by atoms with E-state index in [4.69, 9.17) is 4.74 Å². The molecule has 37 heavy (non-hydrogen) atoms. The minimum Gasteiger partial charge on any atom is -0.394 e. The molecule has 2 bridgehead atoms. The Morgan fingerprint density at radius 3 is 2.49 bits per heavy atom. The van der Waals surface area contributed by atoms with Crippen LogP contribution in [0.5, 0.6) is 0 Å². The summed E-state index contributed by atoms with van der Waals surface area (Å²) in [4.78, 5) is 42.9. The van der Waals surface area contributed by atoms with E-state index < -0.39 is 35.6 Å². The molecule has 0 saturated carbocycles. The lowest BCUT2D eigenvalue weighted by molar-refractivity contribution is -0.145. The zero-order valence-corrected chi connectivity index (χ0v) is 21.1. The minimum atomic E-state index is -1.08. The summed E-state index contributed by atoms with van der Waals surface area (Å²) in [6.45, 7) is 2.25. The van der Waals surface area contributed by atoms with E-state index in [0.29, 0.717) is 31.5 Å². The fourth-order valence-electron chi connectivity index (χ4n) is 6.45. The Hall–Kier alpha value is -3.23. The van der Waals surface area contributed by atoms with E-state index >= 15 is 0 Å². The number of rotatable bonds is 10. The number of ether oxygens (including phenoxy) is 1. The smallest absolute Gasteiger partial charge is 0.245 e. The van der Waals surface area contributed by atoms with Crippen molar-refractivity contribution in [2.45, 2.75) is 62.8 Å². The van der Waals surface area contributed by atoms with E-state index in [9.17, 15) is 19.5 Å². The molecule has 2 aromatic rings. The molecule has 3 saturated heterocycles. The predicted molar refractivity (Wildman–Crippen MR) is 138 cm³/mol. The third-order valence-electron chi connectivity index (χ3n) is 8.08. The maximum Gasteiger partial charge on any atom is 0.245 e. The number of anilines is 1. The van der Waals surface area contributed by atoms with Crippen LogP contribution in [0.1, 0.15) is 38.2 Å². The van der Waals surface area contributed by atoms with Gasteiger partial charge in [-0.3, -0.25) is 14.4 Å². The molecule has 5 rings (SSSR count). The van der Waals surface area contributed by atoms with E-state index in [1.54, 1.807) is 12.1 Å². The number of nitrogens with one attached hydrogen (secondary N) is 2. The molecule has 3 aliphatic heterocycles. The number of carbonyl (C=O) groups is 3. The molecule has 3 fully saturated rings. The Labute approximate surface area is 217 Å². The second kappa shape index (κ2) is 10.6. The fraction of sp³-hybridized carbons (Fsp3) is 0.483. The summed E-state index contributed by atoms with van der Waals surface area (Å²) in [6.07, 6.45) is 2.85. The second-order valence-electron chi connectivity index (χ2n) is 10.3. The Morgan fingerprint density at radius 1 is 1.11 bits per heavy atom. The molecule has 8 nitrogen and oxygen atoms in total. The monoisotopic (exact) mass is 505 g/mol. The van der Waals surface area contributed by atoms with Crippen molar-refractivity contribution in [3.8, 4) is 0 Å². The van der Waals surface area contributed by atoms with Crippen LogP contribution in [0.15, 0.2) is 60.7 Å². The quantitative estimate of drug-likeness (QED) is 0.430. The molecule has 2 unspecified atom stereocenters. The van der Waals surface area contributed by atoms with Crippen molar-refractivity contribution in [2.24, 2.45) is 11.8 Å². The molecule has 6 atom stereocenters. The lowest BCUT2D eigenvalue weighted by Crippen LogP contribution is -2.58. The van der Waals surface area contributed by atoms with Gasteiger partial charge in [0.05, 0.1) is 30.6 Å². The lowest BCUT2D eigenvalue weighted by atomic mass is 9.70. The van der Waals surface area contributed by atoms with Crippen LogP contribution in [0, 0.1) is 11.8 Å². The number of carbonyl (C=O) groups excluding carboxylic acids is 3. The van der Waals surface area contributed by atoms with E-state index in [1.165, 1.54) is 4.90 Å². The van der Waals surface area contributed by atoms with Gasteiger partial charge in [-0.1, -0.05) is 61.9 Å². The van der Waals surface area contributed by atoms with Gasteiger partial charge in [0, 0.05) is 12.2 Å². The molecule has 8 heteroatoms. The van der Waals surface area contributed by atoms with Gasteiger partial charge in [0.2, 0.25) is 17.7 Å². The van der Waals surface area contributed by atoms with Crippen molar-refractivity contribution in [3.63, 3.8) is 0 Å². The van der Waals surface area contributed by atoms with Crippen molar-refractivity contribution >= 4 is 23.4 Å². The molecular weight excluding hydrogens is 470 g/mol. The largest absolute Gasteiger partial charge is 0.394 e. The van der Waals surface area contributed by atoms with Crippen LogP contribution in [0.2, 0.25) is 0 Å². The summed E-state index contributed by atoms with van der Waals surface area (Å²) in [7, 11) is 0. The summed E-state index contributed by atoms with van der Waals surface area (Å²) in [5.74, 6) is -2.32. The van der Waals surface area contributed by atoms with Gasteiger partial charge in [-0.25, -0.2) is 0 Å². The number of para-hydroxylation sites is 1. The Kier molecular flexibility index (Phi) is 7.31. The van der Waals surface area contributed by atoms with Crippen LogP contribution in [-0.4, -0.2) is 64.7 Å². The van der Waals surface area contributed by atoms with E-state index in [2.05, 4.69) is 10.6 Å². The van der Waals surface area contributed by atoms with Gasteiger partial charge in [0.25, 0.3) is 0 Å². The average Bonchev–Trinajstić information content (AvgIpc) is 3.56. The molecule has 2 aromatic carbocycles. The van der Waals surface area contributed by atoms with Gasteiger partial charge in [0.1, 0.15) is 11.6 Å². The Morgan fingerprint density at radius 2 is 1.81 bits per heavy atom. The summed E-state index contributed by atoms with van der Waals surface area (Å²) in [5, 5.41) is 16.4. The van der Waals surface area contributed by atoms with Crippen molar-refractivity contribution in [3.05, 3.63) is 66.2 Å². The molecular formula is C29H35N3O5. The first-order valence-electron chi connectivity index (χ1n) is 13.3. The number of aliphatic hydroxyl groups excluding tert-OH is 1. The van der Waals surface area contributed by atoms with Crippen molar-refractivity contribution in [2.75, 3.05) is 18.5 Å². The van der Waals surface area contributed by atoms with Crippen LogP contribution >= 0.6 is 0 Å². The Balaban J connectivity index is 1.48. The van der Waals surface area contributed by atoms with E-state index in [-0.39, 0.29) is 24.3 Å². The first kappa shape index (κ1) is 25.4. The van der Waals surface area contributed by atoms with Crippen LogP contribution in [-0.2, 0) is 25.5 Å². The molecule has 0 aromatic heterocycles. The topological polar surface area (TPSA) is 108 Å². The Bertz CT molecular complexity index is 1130. The van der Waals surface area contributed by atoms with Gasteiger partial charge in [-0.15, -0.1) is 0 Å². The van der Waals surface area contributed by atoms with Gasteiger partial charge < -0.3 is 25.4 Å². The molecule has 3 aliphatic rings. The summed E-state index contributed by atoms with van der Waals surface area (Å²) in [5.41, 5.74) is 0.524. The standard InChI is InChI=1S/C29H35N3O5/c1-2-3-16-30-27(35)25-29-15-14-22(37-29)23(26(34)31-20-12-8-5-9-13-20)24(29)28(36)32(25)21(18-33)17-19-10-6-4-7-11-19/h4-13,21-25,33H,2-3,14-18H2,1H3,(H,30,35)(H,31,34)/t21-,22-,23+,24+,25?,29?/m1/s1. The molecule has 196 valence electrons. The number of benzene rings is 2. The number of nitrogens with zero attached hydrogens (tertiary/aromatic N) is 1. The number of likely N-dealkylation sites (tertiary alicyclic amines) is 1. The first-order valence-corrected chi connectivity index (χ1v) is 13.3. The maximum atomic E-state index is 14.1. The van der Waals surface area contributed by atoms with Crippen LogP contribution in [0.4, 0.5) is 5.69 Å². The summed E-state index contributed by atoms with van der Waals surface area (Å²) >= 11 is 0. The highest BCUT2D eigenvalue weighted by Gasteiger charge is 2.75. The van der Waals surface area contributed by atoms with Gasteiger partial charge >= 0.3 is 0 Å². The number of unbranched alkanes of at least 4 members (excludes halogenated alkanes) is 1. The average molecular weight is 506 g/mol. The van der Waals surface area contributed by atoms with Gasteiger partial charge in [-0.2, -0.15) is 0 Å². The molecule has 1 spiro atoms. The number of amides is 3. The maximum absolute atomic E-state index is 14.1. The first-order chi connectivity index (χ1) is 18.0. The number of hydrogen-bond acceptors (Lipinski definition) is 5.